The maximum atomic E-state index is 13.4. The summed E-state index contributed by atoms with van der Waals surface area (Å²) in [7, 11) is 1.57. The third-order valence-electron chi connectivity index (χ3n) is 4.76. The van der Waals surface area contributed by atoms with E-state index in [9.17, 15) is 4.79 Å². The number of pyridine rings is 1. The topological polar surface area (TPSA) is 81.1 Å². The molecule has 1 aliphatic heterocycles. The molecule has 7 nitrogen and oxygen atoms in total. The second kappa shape index (κ2) is 8.87. The summed E-state index contributed by atoms with van der Waals surface area (Å²) in [6.45, 7) is 0.498. The van der Waals surface area contributed by atoms with Crippen molar-refractivity contribution < 1.29 is 9.53 Å². The van der Waals surface area contributed by atoms with Crippen LogP contribution in [0.2, 0.25) is 10.0 Å². The van der Waals surface area contributed by atoms with Gasteiger partial charge in [-0.15, -0.1) is 0 Å². The average molecular weight is 444 g/mol. The van der Waals surface area contributed by atoms with Crippen LogP contribution in [0.25, 0.3) is 0 Å². The fraction of sp³-hybridized carbons (Fsp3) is 0.190. The molecule has 4 rings (SSSR count). The molecule has 1 atom stereocenters. The number of carbonyl (C=O) groups excluding carboxylic acids is 1. The zero-order valence-corrected chi connectivity index (χ0v) is 17.6. The summed E-state index contributed by atoms with van der Waals surface area (Å²) < 4.78 is 7.07. The number of halogens is 2. The highest BCUT2D eigenvalue weighted by Gasteiger charge is 2.35. The molecule has 1 aliphatic rings. The minimum atomic E-state index is -0.573. The van der Waals surface area contributed by atoms with E-state index in [0.29, 0.717) is 26.9 Å². The first-order chi connectivity index (χ1) is 14.6. The normalized spacial score (nSPS) is 15.5. The Balaban J connectivity index is 1.77. The molecule has 30 heavy (non-hydrogen) atoms. The predicted octanol–water partition coefficient (Wildman–Crippen LogP) is 3.82. The van der Waals surface area contributed by atoms with E-state index in [1.165, 1.54) is 0 Å². The molecular weight excluding hydrogens is 425 g/mol. The van der Waals surface area contributed by atoms with Crippen molar-refractivity contribution in [2.75, 3.05) is 19.0 Å². The summed E-state index contributed by atoms with van der Waals surface area (Å²) in [5, 5.41) is 11.4. The van der Waals surface area contributed by atoms with E-state index in [-0.39, 0.29) is 19.1 Å². The second-order valence-electron chi connectivity index (χ2n) is 6.66. The SMILES string of the molecule is COCC1=C(C(=O)NCc2ccccn2)C(c2cccc(Cl)c2Cl)n2nccc2N1. The van der Waals surface area contributed by atoms with Crippen molar-refractivity contribution in [1.29, 1.82) is 0 Å². The summed E-state index contributed by atoms with van der Waals surface area (Å²) >= 11 is 12.8. The molecule has 3 aromatic rings. The van der Waals surface area contributed by atoms with E-state index in [1.54, 1.807) is 36.3 Å². The van der Waals surface area contributed by atoms with Crippen molar-refractivity contribution >= 4 is 34.9 Å². The molecule has 1 amide bonds. The summed E-state index contributed by atoms with van der Waals surface area (Å²) in [6.07, 6.45) is 3.34. The van der Waals surface area contributed by atoms with Crippen molar-refractivity contribution in [3.8, 4) is 0 Å². The molecule has 0 aliphatic carbocycles. The zero-order valence-electron chi connectivity index (χ0n) is 16.1. The molecule has 1 aromatic carbocycles. The van der Waals surface area contributed by atoms with Gasteiger partial charge in [-0.2, -0.15) is 5.10 Å². The minimum absolute atomic E-state index is 0.214. The summed E-state index contributed by atoms with van der Waals surface area (Å²) in [5.74, 6) is 0.451. The fourth-order valence-electron chi connectivity index (χ4n) is 3.44. The highest BCUT2D eigenvalue weighted by molar-refractivity contribution is 6.42. The molecular formula is C21H19Cl2N5O2. The summed E-state index contributed by atoms with van der Waals surface area (Å²) in [6, 6.07) is 12.1. The molecule has 9 heteroatoms. The van der Waals surface area contributed by atoms with Crippen molar-refractivity contribution in [2.45, 2.75) is 12.6 Å². The largest absolute Gasteiger partial charge is 0.378 e. The van der Waals surface area contributed by atoms with Gasteiger partial charge in [-0.3, -0.25) is 9.78 Å². The molecule has 1 unspecified atom stereocenters. The van der Waals surface area contributed by atoms with Gasteiger partial charge in [0.15, 0.2) is 0 Å². The number of benzene rings is 1. The first-order valence-electron chi connectivity index (χ1n) is 9.24. The maximum absolute atomic E-state index is 13.4. The Kier molecular flexibility index (Phi) is 6.03. The van der Waals surface area contributed by atoms with Crippen molar-refractivity contribution in [3.05, 3.63) is 87.4 Å². The lowest BCUT2D eigenvalue weighted by molar-refractivity contribution is -0.118. The number of hydrogen-bond acceptors (Lipinski definition) is 5. The number of nitrogens with zero attached hydrogens (tertiary/aromatic N) is 3. The lowest BCUT2D eigenvalue weighted by Gasteiger charge is -2.31. The highest BCUT2D eigenvalue weighted by atomic mass is 35.5. The van der Waals surface area contributed by atoms with Crippen molar-refractivity contribution in [2.24, 2.45) is 0 Å². The Morgan fingerprint density at radius 1 is 1.20 bits per heavy atom. The van der Waals surface area contributed by atoms with Gasteiger partial charge in [0, 0.05) is 24.9 Å². The van der Waals surface area contributed by atoms with Crippen LogP contribution in [0.4, 0.5) is 5.82 Å². The summed E-state index contributed by atoms with van der Waals surface area (Å²) in [5.41, 5.74) is 2.51. The van der Waals surface area contributed by atoms with E-state index in [4.69, 9.17) is 27.9 Å². The Morgan fingerprint density at radius 2 is 2.07 bits per heavy atom. The van der Waals surface area contributed by atoms with E-state index < -0.39 is 6.04 Å². The van der Waals surface area contributed by atoms with Crippen LogP contribution in [-0.2, 0) is 16.1 Å². The molecule has 0 spiro atoms. The van der Waals surface area contributed by atoms with Crippen LogP contribution in [-0.4, -0.2) is 34.4 Å². The average Bonchev–Trinajstić information content (AvgIpc) is 3.22. The Labute approximate surface area is 183 Å². The fourth-order valence-corrected chi connectivity index (χ4v) is 3.85. The first kappa shape index (κ1) is 20.4. The van der Waals surface area contributed by atoms with Crippen LogP contribution in [0.5, 0.6) is 0 Å². The third kappa shape index (κ3) is 3.92. The number of anilines is 1. The van der Waals surface area contributed by atoms with Gasteiger partial charge in [0.05, 0.1) is 46.4 Å². The second-order valence-corrected chi connectivity index (χ2v) is 7.45. The smallest absolute Gasteiger partial charge is 0.251 e. The number of aromatic nitrogens is 3. The van der Waals surface area contributed by atoms with E-state index >= 15 is 0 Å². The van der Waals surface area contributed by atoms with Crippen LogP contribution in [0, 0.1) is 0 Å². The molecule has 0 bridgehead atoms. The monoisotopic (exact) mass is 443 g/mol. The van der Waals surface area contributed by atoms with Crippen LogP contribution in [0.1, 0.15) is 17.3 Å². The van der Waals surface area contributed by atoms with Gasteiger partial charge in [-0.1, -0.05) is 41.4 Å². The van der Waals surface area contributed by atoms with Gasteiger partial charge in [0.1, 0.15) is 11.9 Å². The molecule has 0 fully saturated rings. The number of hydrogen-bond donors (Lipinski definition) is 2. The lowest BCUT2D eigenvalue weighted by Crippen LogP contribution is -2.36. The van der Waals surface area contributed by atoms with Crippen molar-refractivity contribution in [3.63, 3.8) is 0 Å². The van der Waals surface area contributed by atoms with Crippen LogP contribution >= 0.6 is 23.2 Å². The Morgan fingerprint density at radius 3 is 2.83 bits per heavy atom. The van der Waals surface area contributed by atoms with Gasteiger partial charge in [-0.25, -0.2) is 4.68 Å². The van der Waals surface area contributed by atoms with Gasteiger partial charge in [0.25, 0.3) is 5.91 Å². The number of fused-ring (bicyclic) bond motifs is 1. The zero-order chi connectivity index (χ0) is 21.1. The number of methoxy groups -OCH3 is 1. The molecule has 154 valence electrons. The molecule has 3 heterocycles. The van der Waals surface area contributed by atoms with Gasteiger partial charge >= 0.3 is 0 Å². The third-order valence-corrected chi connectivity index (χ3v) is 5.59. The number of ether oxygens (including phenoxy) is 1. The quantitative estimate of drug-likeness (QED) is 0.605. The Bertz CT molecular complexity index is 1100. The lowest BCUT2D eigenvalue weighted by atomic mass is 9.94. The molecule has 0 saturated heterocycles. The van der Waals surface area contributed by atoms with Crippen LogP contribution in [0.15, 0.2) is 66.1 Å². The number of amides is 1. The van der Waals surface area contributed by atoms with Gasteiger partial charge in [-0.05, 0) is 18.2 Å². The predicted molar refractivity (Wildman–Crippen MR) is 115 cm³/mol. The van der Waals surface area contributed by atoms with Gasteiger partial charge in [0.2, 0.25) is 0 Å². The van der Waals surface area contributed by atoms with Crippen molar-refractivity contribution in [1.82, 2.24) is 20.1 Å². The van der Waals surface area contributed by atoms with Gasteiger partial charge < -0.3 is 15.4 Å². The maximum Gasteiger partial charge on any atom is 0.251 e. The highest BCUT2D eigenvalue weighted by Crippen LogP contribution is 2.40. The molecule has 0 radical (unpaired) electrons. The van der Waals surface area contributed by atoms with Crippen LogP contribution < -0.4 is 10.6 Å². The number of rotatable bonds is 6. The first-order valence-corrected chi connectivity index (χ1v) is 10.00. The van der Waals surface area contributed by atoms with E-state index in [2.05, 4.69) is 20.7 Å². The molecule has 2 aromatic heterocycles. The van der Waals surface area contributed by atoms with E-state index in [0.717, 1.165) is 11.5 Å². The number of carbonyl (C=O) groups is 1. The molecule has 2 N–H and O–H groups in total. The summed E-state index contributed by atoms with van der Waals surface area (Å²) in [4.78, 5) is 17.6. The minimum Gasteiger partial charge on any atom is -0.378 e. The van der Waals surface area contributed by atoms with E-state index in [1.807, 2.05) is 30.3 Å². The molecule has 0 saturated carbocycles. The number of nitrogens with one attached hydrogen (secondary N) is 2. The Hall–Kier alpha value is -2.87. The standard InChI is InChI=1S/C21H19Cl2N5O2/c1-30-12-16-18(21(29)25-11-13-5-2-3-9-24-13)20(28-17(27-16)8-10-26-28)14-6-4-7-15(22)19(14)23/h2-10,20,27H,11-12H2,1H3,(H,25,29). The van der Waals surface area contributed by atoms with Crippen LogP contribution in [0.3, 0.4) is 0 Å².